The minimum atomic E-state index is -3.29. The van der Waals surface area contributed by atoms with Crippen molar-refractivity contribution >= 4 is 59.9 Å². The van der Waals surface area contributed by atoms with Gasteiger partial charge in [0.1, 0.15) is 0 Å². The molecule has 0 spiro atoms. The fourth-order valence-electron chi connectivity index (χ4n) is 6.92. The maximum atomic E-state index is 13.8. The summed E-state index contributed by atoms with van der Waals surface area (Å²) in [7, 11) is 1.28. The zero-order valence-corrected chi connectivity index (χ0v) is 30.2. The first kappa shape index (κ1) is 34.8. The molecule has 254 valence electrons. The molecule has 0 bridgehead atoms. The molecule has 1 amide bonds. The number of hydrogen-bond donors (Lipinski definition) is 1. The van der Waals surface area contributed by atoms with Crippen molar-refractivity contribution in [1.82, 2.24) is 4.40 Å². The number of primary amides is 1. The van der Waals surface area contributed by atoms with Gasteiger partial charge in [-0.3, -0.25) is 0 Å². The van der Waals surface area contributed by atoms with E-state index < -0.39 is 23.0 Å². The van der Waals surface area contributed by atoms with E-state index in [1.165, 1.54) is 23.0 Å². The molecule has 7 nitrogen and oxygen atoms in total. The van der Waals surface area contributed by atoms with Gasteiger partial charge in [0.15, 0.2) is 0 Å². The van der Waals surface area contributed by atoms with E-state index in [0.29, 0.717) is 24.8 Å². The Morgan fingerprint density at radius 1 is 0.740 bits per heavy atom. The Hall–Kier alpha value is -5.04. The average Bonchev–Trinajstić information content (AvgIpc) is 3.47. The Bertz CT molecular complexity index is 2040. The molecule has 2 N–H and O–H groups in total. The summed E-state index contributed by atoms with van der Waals surface area (Å²) in [4.78, 5) is 38.6. The van der Waals surface area contributed by atoms with Crippen LogP contribution in [0.3, 0.4) is 0 Å². The molecule has 0 radical (unpaired) electrons. The predicted molar refractivity (Wildman–Crippen MR) is 205 cm³/mol. The number of ketones is 1. The van der Waals surface area contributed by atoms with Gasteiger partial charge in [0.05, 0.1) is 0 Å². The van der Waals surface area contributed by atoms with Crippen molar-refractivity contribution in [2.45, 2.75) is 19.3 Å². The van der Waals surface area contributed by atoms with Gasteiger partial charge in [-0.05, 0) is 0 Å². The number of carbonyl (C=O) groups excluding carboxylic acids is 3. The van der Waals surface area contributed by atoms with Crippen molar-refractivity contribution in [2.75, 3.05) is 19.9 Å². The topological polar surface area (TPSA) is 100 Å². The maximum absolute atomic E-state index is 13.8. The standard InChI is InChI=1S/C41H38BrN2O5P/c1-48-37(45)29-49-36-25-14-26-44-35(28-30-16-6-2-7-17-30)34(38(39(36)44)40(46)41(43)47)24-15-27-50(42,31-18-8-3-9-19-31,32-20-10-4-11-21-32)33-22-12-5-13-23-33/h2-14,16-23,25-26H,15,24,27-29H2,1H3,(H2,43,47). The number of nitrogens with two attached hydrogens (primary N) is 1. The molecular formula is C41H38BrN2O5P. The van der Waals surface area contributed by atoms with Gasteiger partial charge < -0.3 is 0 Å². The van der Waals surface area contributed by atoms with Crippen molar-refractivity contribution in [1.29, 1.82) is 0 Å². The number of methoxy groups -OCH3 is 1. The number of hydrogen-bond acceptors (Lipinski definition) is 5. The number of pyridine rings is 1. The van der Waals surface area contributed by atoms with Crippen molar-refractivity contribution in [2.24, 2.45) is 5.73 Å². The van der Waals surface area contributed by atoms with Crippen LogP contribution in [0.25, 0.3) is 5.52 Å². The van der Waals surface area contributed by atoms with Gasteiger partial charge >= 0.3 is 301 Å². The number of ether oxygens (including phenoxy) is 2. The summed E-state index contributed by atoms with van der Waals surface area (Å²) in [5.41, 5.74) is 8.90. The number of carbonyl (C=O) groups is 3. The summed E-state index contributed by atoms with van der Waals surface area (Å²) in [6.07, 6.45) is 4.17. The van der Waals surface area contributed by atoms with E-state index in [9.17, 15) is 14.4 Å². The quantitative estimate of drug-likeness (QED) is 0.0592. The Morgan fingerprint density at radius 2 is 1.26 bits per heavy atom. The van der Waals surface area contributed by atoms with Gasteiger partial charge in [-0.25, -0.2) is 0 Å². The summed E-state index contributed by atoms with van der Waals surface area (Å²) >= 11 is 4.54. The fourth-order valence-corrected chi connectivity index (χ4v) is 14.6. The number of rotatable bonds is 14. The Labute approximate surface area is 299 Å². The molecule has 4 aromatic carbocycles. The number of aromatic nitrogens is 1. The molecular weight excluding hydrogens is 711 g/mol. The Balaban J connectivity index is 1.54. The molecule has 0 aliphatic rings. The first-order chi connectivity index (χ1) is 24.3. The number of halogens is 1. The normalized spacial score (nSPS) is 12.2. The fraction of sp³-hybridized carbons (Fsp3) is 0.146. The summed E-state index contributed by atoms with van der Waals surface area (Å²) < 4.78 is 12.6. The van der Waals surface area contributed by atoms with E-state index in [4.69, 9.17) is 15.2 Å². The monoisotopic (exact) mass is 748 g/mol. The van der Waals surface area contributed by atoms with E-state index >= 15 is 0 Å². The first-order valence-electron chi connectivity index (χ1n) is 16.4. The molecule has 0 saturated heterocycles. The van der Waals surface area contributed by atoms with Crippen molar-refractivity contribution in [3.8, 4) is 5.75 Å². The zero-order valence-electron chi connectivity index (χ0n) is 27.7. The summed E-state index contributed by atoms with van der Waals surface area (Å²) in [5.74, 6) is -2.17. The molecule has 6 aromatic rings. The van der Waals surface area contributed by atoms with Crippen LogP contribution < -0.4 is 26.4 Å². The van der Waals surface area contributed by atoms with E-state index in [-0.39, 0.29) is 17.9 Å². The van der Waals surface area contributed by atoms with Crippen LogP contribution in [0.15, 0.2) is 140 Å². The molecule has 2 aromatic heterocycles. The van der Waals surface area contributed by atoms with Crippen molar-refractivity contribution in [3.05, 3.63) is 162 Å². The average molecular weight is 750 g/mol. The third-order valence-corrected chi connectivity index (χ3v) is 19.3. The number of benzene rings is 4. The number of fused-ring (bicyclic) bond motifs is 1. The number of Topliss-reactive ketones (excluding diaryl/α,β-unsaturated/α-hetero) is 1. The summed E-state index contributed by atoms with van der Waals surface area (Å²) in [5, 5.41) is 0.280. The SMILES string of the molecule is COC(=O)COc1cccn2c(Cc3ccccc3)c(CCCP(Br)(c3ccccc3)(c3ccccc3)c3ccccc3)c(C(=O)C(N)=O)c12. The van der Waals surface area contributed by atoms with E-state index in [2.05, 4.69) is 88.3 Å². The van der Waals surface area contributed by atoms with Crippen LogP contribution in [-0.4, -0.2) is 41.9 Å². The molecule has 2 heterocycles. The first-order valence-corrected chi connectivity index (χ1v) is 20.8. The third-order valence-electron chi connectivity index (χ3n) is 9.26. The van der Waals surface area contributed by atoms with Crippen molar-refractivity contribution < 1.29 is 23.9 Å². The van der Waals surface area contributed by atoms with Crippen molar-refractivity contribution in [3.63, 3.8) is 0 Å². The van der Waals surface area contributed by atoms with Gasteiger partial charge in [-0.1, -0.05) is 0 Å². The van der Waals surface area contributed by atoms with Crippen LogP contribution in [0.2, 0.25) is 0 Å². The van der Waals surface area contributed by atoms with Crippen LogP contribution in [0, 0.1) is 0 Å². The molecule has 50 heavy (non-hydrogen) atoms. The molecule has 0 fully saturated rings. The molecule has 0 saturated carbocycles. The zero-order chi connectivity index (χ0) is 35.2. The summed E-state index contributed by atoms with van der Waals surface area (Å²) in [6, 6.07) is 45.1. The van der Waals surface area contributed by atoms with Gasteiger partial charge in [-0.15, -0.1) is 0 Å². The van der Waals surface area contributed by atoms with Crippen LogP contribution in [0.4, 0.5) is 0 Å². The van der Waals surface area contributed by atoms with E-state index in [1.54, 1.807) is 12.1 Å². The Morgan fingerprint density at radius 3 is 1.76 bits per heavy atom. The third kappa shape index (κ3) is 6.49. The Kier molecular flexibility index (Phi) is 10.3. The second kappa shape index (κ2) is 14.8. The van der Waals surface area contributed by atoms with Crippen LogP contribution in [0.5, 0.6) is 5.75 Å². The molecule has 0 aliphatic heterocycles. The molecule has 0 unspecified atom stereocenters. The molecule has 6 rings (SSSR count). The van der Waals surface area contributed by atoms with E-state index in [0.717, 1.165) is 23.0 Å². The minimum absolute atomic E-state index is 0.193. The van der Waals surface area contributed by atoms with Gasteiger partial charge in [0.25, 0.3) is 0 Å². The van der Waals surface area contributed by atoms with Gasteiger partial charge in [-0.2, -0.15) is 0 Å². The second-order valence-corrected chi connectivity index (χ2v) is 21.2. The van der Waals surface area contributed by atoms with Gasteiger partial charge in [0.2, 0.25) is 0 Å². The van der Waals surface area contributed by atoms with Crippen LogP contribution in [-0.2, 0) is 27.2 Å². The van der Waals surface area contributed by atoms with E-state index in [1.807, 2.05) is 59.1 Å². The number of nitrogens with zero attached hydrogens (tertiary/aromatic N) is 1. The predicted octanol–water partition coefficient (Wildman–Crippen LogP) is 6.52. The molecule has 0 aliphatic carbocycles. The summed E-state index contributed by atoms with van der Waals surface area (Å²) in [6.45, 7) is -0.363. The van der Waals surface area contributed by atoms with Crippen LogP contribution in [0.1, 0.15) is 33.6 Å². The second-order valence-electron chi connectivity index (χ2n) is 12.1. The number of esters is 1. The molecule has 9 heteroatoms. The van der Waals surface area contributed by atoms with Gasteiger partial charge in [0, 0.05) is 0 Å². The number of amides is 1. The molecule has 0 atom stereocenters. The van der Waals surface area contributed by atoms with Crippen LogP contribution >= 0.6 is 20.8 Å².